The largest absolute Gasteiger partial charge is 0.479 e. The van der Waals surface area contributed by atoms with Crippen LogP contribution < -0.4 is 5.73 Å². The van der Waals surface area contributed by atoms with Gasteiger partial charge in [0, 0.05) is 19.1 Å². The highest BCUT2D eigenvalue weighted by molar-refractivity contribution is 5.76. The van der Waals surface area contributed by atoms with Crippen LogP contribution in [-0.2, 0) is 4.79 Å². The van der Waals surface area contributed by atoms with Gasteiger partial charge in [0.05, 0.1) is 0 Å². The summed E-state index contributed by atoms with van der Waals surface area (Å²) in [6.07, 6.45) is 2.02. The lowest BCUT2D eigenvalue weighted by Crippen LogP contribution is -2.49. The number of nitrogens with zero attached hydrogens (tertiary/aromatic N) is 1. The first-order valence-corrected chi connectivity index (χ1v) is 4.87. The van der Waals surface area contributed by atoms with E-state index in [4.69, 9.17) is 10.8 Å². The first-order chi connectivity index (χ1) is 6.47. The van der Waals surface area contributed by atoms with Crippen LogP contribution in [0.1, 0.15) is 19.8 Å². The van der Waals surface area contributed by atoms with Gasteiger partial charge in [-0.1, -0.05) is 0 Å². The summed E-state index contributed by atoms with van der Waals surface area (Å²) < 4.78 is 0. The Labute approximate surface area is 83.5 Å². The predicted molar refractivity (Wildman–Crippen MR) is 51.9 cm³/mol. The van der Waals surface area contributed by atoms with Crippen LogP contribution in [-0.4, -0.2) is 52.4 Å². The molecule has 82 valence electrons. The quantitative estimate of drug-likeness (QED) is 0.558. The summed E-state index contributed by atoms with van der Waals surface area (Å²) >= 11 is 0. The van der Waals surface area contributed by atoms with Gasteiger partial charge in [0.15, 0.2) is 5.60 Å². The Hall–Kier alpha value is -0.650. The molecule has 1 heterocycles. The maximum Gasteiger partial charge on any atom is 0.336 e. The fraction of sp³-hybridized carbons (Fsp3) is 0.889. The Morgan fingerprint density at radius 2 is 2.36 bits per heavy atom. The van der Waals surface area contributed by atoms with Crippen LogP contribution in [0.5, 0.6) is 0 Å². The van der Waals surface area contributed by atoms with Crippen molar-refractivity contribution in [1.82, 2.24) is 4.90 Å². The van der Waals surface area contributed by atoms with E-state index in [9.17, 15) is 9.90 Å². The summed E-state index contributed by atoms with van der Waals surface area (Å²) in [5.41, 5.74) is 3.88. The molecule has 1 fully saturated rings. The van der Waals surface area contributed by atoms with Gasteiger partial charge in [0.1, 0.15) is 0 Å². The summed E-state index contributed by atoms with van der Waals surface area (Å²) in [5.74, 6) is -1.18. The molecule has 1 aliphatic rings. The molecule has 2 atom stereocenters. The fourth-order valence-electron chi connectivity index (χ4n) is 1.83. The van der Waals surface area contributed by atoms with Crippen molar-refractivity contribution in [3.05, 3.63) is 0 Å². The summed E-state index contributed by atoms with van der Waals surface area (Å²) in [4.78, 5) is 12.6. The van der Waals surface area contributed by atoms with E-state index in [1.165, 1.54) is 6.92 Å². The van der Waals surface area contributed by atoms with Crippen molar-refractivity contribution in [2.45, 2.75) is 31.4 Å². The van der Waals surface area contributed by atoms with Crippen LogP contribution in [0.2, 0.25) is 0 Å². The molecule has 0 aliphatic carbocycles. The third-order valence-corrected chi connectivity index (χ3v) is 2.74. The van der Waals surface area contributed by atoms with E-state index >= 15 is 0 Å². The monoisotopic (exact) mass is 202 g/mol. The number of hydrogen-bond donors (Lipinski definition) is 3. The Kier molecular flexibility index (Phi) is 3.47. The molecule has 5 heteroatoms. The average molecular weight is 202 g/mol. The number of β-amino-alcohol motifs (C(OH)–C–C–N with tert-alkyl or cyclic N) is 1. The van der Waals surface area contributed by atoms with E-state index < -0.39 is 11.6 Å². The molecule has 1 aliphatic heterocycles. The number of rotatable bonds is 4. The summed E-state index contributed by atoms with van der Waals surface area (Å²) in [5, 5.41) is 18.3. The standard InChI is InChI=1S/C9H18N2O3/c1-9(14,8(12)13)6-11-4-2-3-7(11)5-10/h7,14H,2-6,10H2,1H3,(H,12,13). The molecule has 1 rings (SSSR count). The highest BCUT2D eigenvalue weighted by Gasteiger charge is 2.35. The minimum absolute atomic E-state index is 0.157. The van der Waals surface area contributed by atoms with E-state index in [0.717, 1.165) is 19.4 Å². The van der Waals surface area contributed by atoms with Gasteiger partial charge >= 0.3 is 5.97 Å². The SMILES string of the molecule is CC(O)(CN1CCCC1CN)C(=O)O. The van der Waals surface area contributed by atoms with Crippen LogP contribution in [0.25, 0.3) is 0 Å². The second kappa shape index (κ2) is 4.25. The normalized spacial score (nSPS) is 27.5. The van der Waals surface area contributed by atoms with Crippen molar-refractivity contribution in [2.75, 3.05) is 19.6 Å². The van der Waals surface area contributed by atoms with Crippen molar-refractivity contribution in [3.63, 3.8) is 0 Å². The summed E-state index contributed by atoms with van der Waals surface area (Å²) in [6, 6.07) is 0.223. The van der Waals surface area contributed by atoms with Crippen LogP contribution in [0.15, 0.2) is 0 Å². The number of likely N-dealkylation sites (tertiary alicyclic amines) is 1. The maximum atomic E-state index is 10.7. The molecule has 0 aromatic carbocycles. The van der Waals surface area contributed by atoms with Crippen LogP contribution >= 0.6 is 0 Å². The van der Waals surface area contributed by atoms with E-state index in [0.29, 0.717) is 6.54 Å². The number of aliphatic carboxylic acids is 1. The van der Waals surface area contributed by atoms with E-state index in [1.807, 2.05) is 4.90 Å². The van der Waals surface area contributed by atoms with E-state index in [1.54, 1.807) is 0 Å². The smallest absolute Gasteiger partial charge is 0.336 e. The summed E-state index contributed by atoms with van der Waals surface area (Å²) in [6.45, 7) is 2.83. The molecule has 1 saturated heterocycles. The number of nitrogens with two attached hydrogens (primary N) is 1. The number of aliphatic hydroxyl groups is 1. The average Bonchev–Trinajstić information content (AvgIpc) is 2.50. The molecule has 5 nitrogen and oxygen atoms in total. The zero-order valence-corrected chi connectivity index (χ0v) is 8.44. The molecule has 14 heavy (non-hydrogen) atoms. The zero-order valence-electron chi connectivity index (χ0n) is 8.44. The Morgan fingerprint density at radius 1 is 1.71 bits per heavy atom. The highest BCUT2D eigenvalue weighted by Crippen LogP contribution is 2.19. The molecule has 0 saturated carbocycles. The van der Waals surface area contributed by atoms with Gasteiger partial charge in [-0.25, -0.2) is 4.79 Å². The van der Waals surface area contributed by atoms with Crippen molar-refractivity contribution in [3.8, 4) is 0 Å². The maximum absolute atomic E-state index is 10.7. The number of carboxylic acid groups (broad SMARTS) is 1. The minimum Gasteiger partial charge on any atom is -0.479 e. The lowest BCUT2D eigenvalue weighted by Gasteiger charge is -2.29. The molecule has 0 amide bonds. The first-order valence-electron chi connectivity index (χ1n) is 4.87. The minimum atomic E-state index is -1.67. The molecule has 0 spiro atoms. The second-order valence-corrected chi connectivity index (χ2v) is 4.08. The third kappa shape index (κ3) is 2.43. The Bertz CT molecular complexity index is 218. The van der Waals surface area contributed by atoms with Crippen LogP contribution in [0.4, 0.5) is 0 Å². The topological polar surface area (TPSA) is 86.8 Å². The molecular weight excluding hydrogens is 184 g/mol. The van der Waals surface area contributed by atoms with Gasteiger partial charge in [0.25, 0.3) is 0 Å². The van der Waals surface area contributed by atoms with Crippen LogP contribution in [0.3, 0.4) is 0 Å². The van der Waals surface area contributed by atoms with Gasteiger partial charge in [-0.2, -0.15) is 0 Å². The van der Waals surface area contributed by atoms with Crippen LogP contribution in [0, 0.1) is 0 Å². The van der Waals surface area contributed by atoms with Crippen molar-refractivity contribution < 1.29 is 15.0 Å². The second-order valence-electron chi connectivity index (χ2n) is 4.08. The zero-order chi connectivity index (χ0) is 10.8. The van der Waals surface area contributed by atoms with E-state index in [2.05, 4.69) is 0 Å². The van der Waals surface area contributed by atoms with Gasteiger partial charge in [-0.15, -0.1) is 0 Å². The third-order valence-electron chi connectivity index (χ3n) is 2.74. The first kappa shape index (κ1) is 11.4. The molecule has 0 aromatic rings. The number of carbonyl (C=O) groups is 1. The molecule has 0 aromatic heterocycles. The van der Waals surface area contributed by atoms with Gasteiger partial charge < -0.3 is 15.9 Å². The molecule has 2 unspecified atom stereocenters. The molecular formula is C9H18N2O3. The van der Waals surface area contributed by atoms with Crippen molar-refractivity contribution in [1.29, 1.82) is 0 Å². The lowest BCUT2D eigenvalue weighted by atomic mass is 10.1. The van der Waals surface area contributed by atoms with Gasteiger partial charge in [-0.3, -0.25) is 4.90 Å². The molecule has 0 bridgehead atoms. The number of carboxylic acids is 1. The van der Waals surface area contributed by atoms with Crippen molar-refractivity contribution in [2.24, 2.45) is 5.73 Å². The van der Waals surface area contributed by atoms with E-state index in [-0.39, 0.29) is 12.6 Å². The molecule has 0 radical (unpaired) electrons. The highest BCUT2D eigenvalue weighted by atomic mass is 16.4. The van der Waals surface area contributed by atoms with Gasteiger partial charge in [-0.05, 0) is 26.3 Å². The lowest BCUT2D eigenvalue weighted by molar-refractivity contribution is -0.158. The molecule has 4 N–H and O–H groups in total. The Morgan fingerprint density at radius 3 is 2.86 bits per heavy atom. The van der Waals surface area contributed by atoms with Crippen molar-refractivity contribution >= 4 is 5.97 Å². The van der Waals surface area contributed by atoms with Gasteiger partial charge in [0.2, 0.25) is 0 Å². The predicted octanol–water partition coefficient (Wildman–Crippen LogP) is -0.755. The Balaban J connectivity index is 2.54. The number of hydrogen-bond acceptors (Lipinski definition) is 4. The summed E-state index contributed by atoms with van der Waals surface area (Å²) in [7, 11) is 0. The fourth-order valence-corrected chi connectivity index (χ4v) is 1.83.